The molecule has 0 aromatic heterocycles. The number of halogens is 2. The van der Waals surface area contributed by atoms with Gasteiger partial charge in [-0.1, -0.05) is 23.7 Å². The molecular formula is C17H17ClFNO. The summed E-state index contributed by atoms with van der Waals surface area (Å²) in [6.45, 7) is 2.82. The summed E-state index contributed by atoms with van der Waals surface area (Å²) in [7, 11) is 0. The molecule has 1 N–H and O–H groups in total. The van der Waals surface area contributed by atoms with Crippen LogP contribution in [-0.4, -0.2) is 12.6 Å². The fourth-order valence-corrected chi connectivity index (χ4v) is 2.71. The maximum absolute atomic E-state index is 13.2. The topological polar surface area (TPSA) is 21.3 Å². The van der Waals surface area contributed by atoms with Gasteiger partial charge in [-0.3, -0.25) is 0 Å². The van der Waals surface area contributed by atoms with Gasteiger partial charge in [-0.05, 0) is 42.8 Å². The van der Waals surface area contributed by atoms with Crippen molar-refractivity contribution >= 4 is 11.6 Å². The average molecular weight is 306 g/mol. The number of ether oxygens (including phenoxy) is 1. The predicted octanol–water partition coefficient (Wildman–Crippen LogP) is 4.13. The Morgan fingerprint density at radius 3 is 2.81 bits per heavy atom. The molecule has 0 radical (unpaired) electrons. The van der Waals surface area contributed by atoms with E-state index in [0.717, 1.165) is 29.3 Å². The first-order valence-electron chi connectivity index (χ1n) is 7.06. The molecule has 2 aromatic rings. The number of rotatable bonds is 4. The van der Waals surface area contributed by atoms with Gasteiger partial charge in [0.1, 0.15) is 17.7 Å². The van der Waals surface area contributed by atoms with E-state index in [-0.39, 0.29) is 18.0 Å². The molecule has 0 fully saturated rings. The van der Waals surface area contributed by atoms with Crippen molar-refractivity contribution < 1.29 is 9.13 Å². The van der Waals surface area contributed by atoms with Crippen LogP contribution in [0.4, 0.5) is 4.39 Å². The summed E-state index contributed by atoms with van der Waals surface area (Å²) in [4.78, 5) is 0. The van der Waals surface area contributed by atoms with Crippen molar-refractivity contribution in [3.63, 3.8) is 0 Å². The second-order valence-electron chi connectivity index (χ2n) is 5.38. The van der Waals surface area contributed by atoms with Crippen molar-refractivity contribution in [2.45, 2.75) is 25.5 Å². The molecule has 2 unspecified atom stereocenters. The lowest BCUT2D eigenvalue weighted by Gasteiger charge is -2.17. The molecule has 21 heavy (non-hydrogen) atoms. The molecule has 2 aromatic carbocycles. The Bertz CT molecular complexity index is 629. The van der Waals surface area contributed by atoms with Crippen LogP contribution in [0, 0.1) is 5.82 Å². The standard InChI is InChI=1S/C17H17ClFNO/c1-11(12-2-4-14(18)5-3-12)20-10-16-9-13-8-15(19)6-7-17(13)21-16/h2-8,11,16,20H,9-10H2,1H3. The normalized spacial score (nSPS) is 18.1. The summed E-state index contributed by atoms with van der Waals surface area (Å²) >= 11 is 5.89. The average Bonchev–Trinajstić information content (AvgIpc) is 2.87. The van der Waals surface area contributed by atoms with Crippen molar-refractivity contribution in [2.75, 3.05) is 6.54 Å². The van der Waals surface area contributed by atoms with Crippen LogP contribution in [-0.2, 0) is 6.42 Å². The minimum atomic E-state index is -0.208. The van der Waals surface area contributed by atoms with Crippen LogP contribution in [0.3, 0.4) is 0 Å². The molecule has 0 saturated heterocycles. The summed E-state index contributed by atoms with van der Waals surface area (Å²) in [5, 5.41) is 4.19. The molecule has 0 bridgehead atoms. The second kappa shape index (κ2) is 6.04. The largest absolute Gasteiger partial charge is 0.488 e. The molecule has 0 amide bonds. The predicted molar refractivity (Wildman–Crippen MR) is 82.4 cm³/mol. The number of benzene rings is 2. The molecule has 1 heterocycles. The molecule has 3 rings (SSSR count). The highest BCUT2D eigenvalue weighted by Crippen LogP contribution is 2.29. The highest BCUT2D eigenvalue weighted by atomic mass is 35.5. The van der Waals surface area contributed by atoms with Gasteiger partial charge >= 0.3 is 0 Å². The zero-order chi connectivity index (χ0) is 14.8. The lowest BCUT2D eigenvalue weighted by atomic mass is 10.1. The van der Waals surface area contributed by atoms with Crippen LogP contribution < -0.4 is 10.1 Å². The Kier molecular flexibility index (Phi) is 4.13. The van der Waals surface area contributed by atoms with E-state index in [1.54, 1.807) is 12.1 Å². The minimum absolute atomic E-state index is 0.0524. The van der Waals surface area contributed by atoms with Crippen molar-refractivity contribution in [3.8, 4) is 5.75 Å². The quantitative estimate of drug-likeness (QED) is 0.917. The van der Waals surface area contributed by atoms with E-state index in [9.17, 15) is 4.39 Å². The van der Waals surface area contributed by atoms with Crippen LogP contribution in [0.1, 0.15) is 24.1 Å². The van der Waals surface area contributed by atoms with Gasteiger partial charge < -0.3 is 10.1 Å². The molecule has 2 atom stereocenters. The number of hydrogen-bond donors (Lipinski definition) is 1. The van der Waals surface area contributed by atoms with E-state index in [2.05, 4.69) is 12.2 Å². The van der Waals surface area contributed by atoms with Gasteiger partial charge in [-0.15, -0.1) is 0 Å². The van der Waals surface area contributed by atoms with Crippen molar-refractivity contribution in [3.05, 3.63) is 64.4 Å². The number of hydrogen-bond acceptors (Lipinski definition) is 2. The summed E-state index contributed by atoms with van der Waals surface area (Å²) in [5.41, 5.74) is 2.13. The van der Waals surface area contributed by atoms with Crippen LogP contribution in [0.25, 0.3) is 0 Å². The Morgan fingerprint density at radius 2 is 2.05 bits per heavy atom. The Balaban J connectivity index is 1.56. The van der Waals surface area contributed by atoms with Gasteiger partial charge in [0.25, 0.3) is 0 Å². The van der Waals surface area contributed by atoms with Crippen LogP contribution in [0.2, 0.25) is 5.02 Å². The maximum Gasteiger partial charge on any atom is 0.123 e. The summed E-state index contributed by atoms with van der Waals surface area (Å²) in [6, 6.07) is 12.7. The number of fused-ring (bicyclic) bond motifs is 1. The van der Waals surface area contributed by atoms with E-state index in [0.29, 0.717) is 0 Å². The highest BCUT2D eigenvalue weighted by molar-refractivity contribution is 6.30. The Labute approximate surface area is 128 Å². The monoisotopic (exact) mass is 305 g/mol. The molecule has 1 aliphatic heterocycles. The molecular weight excluding hydrogens is 289 g/mol. The summed E-state index contributed by atoms with van der Waals surface area (Å²) < 4.78 is 19.0. The maximum atomic E-state index is 13.2. The Hall–Kier alpha value is -1.58. The fourth-order valence-electron chi connectivity index (χ4n) is 2.58. The molecule has 0 spiro atoms. The third-order valence-corrected chi connectivity index (χ3v) is 4.04. The van der Waals surface area contributed by atoms with Gasteiger partial charge in [0.2, 0.25) is 0 Å². The van der Waals surface area contributed by atoms with Gasteiger partial charge in [0.05, 0.1) is 0 Å². The molecule has 0 aliphatic carbocycles. The van der Waals surface area contributed by atoms with E-state index in [1.165, 1.54) is 11.6 Å². The zero-order valence-corrected chi connectivity index (χ0v) is 12.5. The third kappa shape index (κ3) is 3.36. The van der Waals surface area contributed by atoms with Gasteiger partial charge in [-0.25, -0.2) is 4.39 Å². The van der Waals surface area contributed by atoms with Crippen LogP contribution in [0.5, 0.6) is 5.75 Å². The molecule has 2 nitrogen and oxygen atoms in total. The second-order valence-corrected chi connectivity index (χ2v) is 5.81. The van der Waals surface area contributed by atoms with E-state index >= 15 is 0 Å². The highest BCUT2D eigenvalue weighted by Gasteiger charge is 2.23. The summed E-state index contributed by atoms with van der Waals surface area (Å²) in [5.74, 6) is 0.586. The summed E-state index contributed by atoms with van der Waals surface area (Å²) in [6.07, 6.45) is 0.796. The fraction of sp³-hybridized carbons (Fsp3) is 0.294. The lowest BCUT2D eigenvalue weighted by molar-refractivity contribution is 0.222. The lowest BCUT2D eigenvalue weighted by Crippen LogP contribution is -2.31. The zero-order valence-electron chi connectivity index (χ0n) is 11.8. The van der Waals surface area contributed by atoms with Crippen molar-refractivity contribution in [1.82, 2.24) is 5.32 Å². The van der Waals surface area contributed by atoms with Gasteiger partial charge in [0, 0.05) is 29.6 Å². The molecule has 110 valence electrons. The van der Waals surface area contributed by atoms with Crippen molar-refractivity contribution in [1.29, 1.82) is 0 Å². The molecule has 4 heteroatoms. The first-order chi connectivity index (χ1) is 10.1. The first-order valence-corrected chi connectivity index (χ1v) is 7.43. The Morgan fingerprint density at radius 1 is 1.29 bits per heavy atom. The van der Waals surface area contributed by atoms with E-state index in [4.69, 9.17) is 16.3 Å². The van der Waals surface area contributed by atoms with Crippen LogP contribution in [0.15, 0.2) is 42.5 Å². The van der Waals surface area contributed by atoms with E-state index < -0.39 is 0 Å². The van der Waals surface area contributed by atoms with E-state index in [1.807, 2.05) is 24.3 Å². The number of nitrogens with one attached hydrogen (secondary N) is 1. The molecule has 1 aliphatic rings. The molecule has 0 saturated carbocycles. The minimum Gasteiger partial charge on any atom is -0.488 e. The van der Waals surface area contributed by atoms with Gasteiger partial charge in [0.15, 0.2) is 0 Å². The smallest absolute Gasteiger partial charge is 0.123 e. The third-order valence-electron chi connectivity index (χ3n) is 3.79. The van der Waals surface area contributed by atoms with Crippen LogP contribution >= 0.6 is 11.6 Å². The van der Waals surface area contributed by atoms with Gasteiger partial charge in [-0.2, -0.15) is 0 Å². The first kappa shape index (κ1) is 14.4. The SMILES string of the molecule is CC(NCC1Cc2cc(F)ccc2O1)c1ccc(Cl)cc1. The van der Waals surface area contributed by atoms with Crippen molar-refractivity contribution in [2.24, 2.45) is 0 Å².